The van der Waals surface area contributed by atoms with Crippen LogP contribution in [-0.4, -0.2) is 42.0 Å². The van der Waals surface area contributed by atoms with Gasteiger partial charge in [-0.2, -0.15) is 10.1 Å². The highest BCUT2D eigenvalue weighted by Gasteiger charge is 2.29. The largest absolute Gasteiger partial charge is 0.434 e. The summed E-state index contributed by atoms with van der Waals surface area (Å²) in [5.74, 6) is 0. The maximum absolute atomic E-state index is 13.5. The fourth-order valence-electron chi connectivity index (χ4n) is 4.81. The van der Waals surface area contributed by atoms with E-state index >= 15 is 0 Å². The average Bonchev–Trinajstić information content (AvgIpc) is 3.47. The number of rotatable bonds is 4. The van der Waals surface area contributed by atoms with Gasteiger partial charge >= 0.3 is 5.69 Å². The zero-order valence-corrected chi connectivity index (χ0v) is 19.0. The maximum atomic E-state index is 13.5. The molecule has 0 unspecified atom stereocenters. The molecule has 6 heterocycles. The first-order chi connectivity index (χ1) is 16.6. The summed E-state index contributed by atoms with van der Waals surface area (Å²) in [5, 5.41) is 5.04. The van der Waals surface area contributed by atoms with Crippen LogP contribution in [-0.2, 0) is 11.8 Å². The Labute approximate surface area is 195 Å². The first-order valence-corrected chi connectivity index (χ1v) is 11.5. The minimum Gasteiger partial charge on any atom is -0.434 e. The topological polar surface area (TPSA) is 101 Å². The smallest absolute Gasteiger partial charge is 0.349 e. The summed E-state index contributed by atoms with van der Waals surface area (Å²) in [5.41, 5.74) is 4.47. The fraction of sp³-hybridized carbons (Fsp3) is 0.320. The van der Waals surface area contributed by atoms with Crippen molar-refractivity contribution >= 4 is 22.2 Å². The van der Waals surface area contributed by atoms with E-state index in [4.69, 9.17) is 9.15 Å². The normalized spacial score (nSPS) is 18.6. The van der Waals surface area contributed by atoms with Crippen LogP contribution in [0.4, 0.5) is 0 Å². The van der Waals surface area contributed by atoms with Crippen molar-refractivity contribution in [1.82, 2.24) is 29.3 Å². The first kappa shape index (κ1) is 20.7. The molecule has 2 atom stereocenters. The van der Waals surface area contributed by atoms with Gasteiger partial charge < -0.3 is 9.15 Å². The molecule has 6 rings (SSSR count). The molecular formula is C25H24N6O3. The van der Waals surface area contributed by atoms with E-state index in [-0.39, 0.29) is 17.8 Å². The molecule has 5 aromatic rings. The van der Waals surface area contributed by atoms with Gasteiger partial charge in [0.15, 0.2) is 5.58 Å². The Morgan fingerprint density at radius 1 is 1.18 bits per heavy atom. The molecule has 0 spiro atoms. The van der Waals surface area contributed by atoms with Crippen molar-refractivity contribution in [1.29, 1.82) is 0 Å². The Kier molecular flexibility index (Phi) is 4.99. The van der Waals surface area contributed by atoms with Crippen LogP contribution in [0.1, 0.15) is 32.2 Å². The molecule has 1 fully saturated rings. The van der Waals surface area contributed by atoms with Crippen molar-refractivity contribution in [3.05, 3.63) is 59.7 Å². The van der Waals surface area contributed by atoms with Crippen molar-refractivity contribution in [3.63, 3.8) is 0 Å². The van der Waals surface area contributed by atoms with Gasteiger partial charge in [-0.25, -0.2) is 9.78 Å². The molecule has 1 saturated heterocycles. The molecule has 0 bridgehead atoms. The SMILES string of the molecule is CC[C@H]1C[C@@H](n2c(=O)nc(-c3cnn(C)c3)c3oc4ncc(-c5cccnc5)cc4c32)CCO1. The minimum absolute atomic E-state index is 0.0352. The van der Waals surface area contributed by atoms with Crippen LogP contribution in [0.2, 0.25) is 0 Å². The Balaban J connectivity index is 1.65. The highest BCUT2D eigenvalue weighted by molar-refractivity contribution is 6.06. The van der Waals surface area contributed by atoms with Crippen LogP contribution in [0.25, 0.3) is 44.6 Å². The molecule has 0 saturated carbocycles. The van der Waals surface area contributed by atoms with E-state index in [2.05, 4.69) is 27.0 Å². The highest BCUT2D eigenvalue weighted by Crippen LogP contribution is 2.37. The average molecular weight is 457 g/mol. The molecule has 0 radical (unpaired) electrons. The van der Waals surface area contributed by atoms with Gasteiger partial charge in [0.2, 0.25) is 5.71 Å². The lowest BCUT2D eigenvalue weighted by Crippen LogP contribution is -2.34. The summed E-state index contributed by atoms with van der Waals surface area (Å²) in [6.45, 7) is 2.71. The van der Waals surface area contributed by atoms with Crippen molar-refractivity contribution < 1.29 is 9.15 Å². The third-order valence-electron chi connectivity index (χ3n) is 6.52. The lowest BCUT2D eigenvalue weighted by molar-refractivity contribution is -0.00709. The third-order valence-corrected chi connectivity index (χ3v) is 6.52. The molecule has 172 valence electrons. The number of nitrogens with zero attached hydrogens (tertiary/aromatic N) is 6. The number of fused-ring (bicyclic) bond motifs is 3. The Bertz CT molecular complexity index is 1550. The molecule has 1 aliphatic rings. The van der Waals surface area contributed by atoms with E-state index in [1.807, 2.05) is 31.4 Å². The third kappa shape index (κ3) is 3.40. The van der Waals surface area contributed by atoms with Gasteiger partial charge in [0.05, 0.1) is 17.7 Å². The quantitative estimate of drug-likeness (QED) is 0.401. The second kappa shape index (κ2) is 8.18. The van der Waals surface area contributed by atoms with E-state index in [9.17, 15) is 4.79 Å². The predicted molar refractivity (Wildman–Crippen MR) is 127 cm³/mol. The Hall–Kier alpha value is -3.85. The number of aromatic nitrogens is 6. The van der Waals surface area contributed by atoms with Gasteiger partial charge in [0, 0.05) is 61.2 Å². The molecule has 0 aliphatic carbocycles. The van der Waals surface area contributed by atoms with Crippen LogP contribution in [0.5, 0.6) is 0 Å². The summed E-state index contributed by atoms with van der Waals surface area (Å²) in [7, 11) is 1.83. The van der Waals surface area contributed by atoms with E-state index in [1.165, 1.54) is 0 Å². The number of ether oxygens (including phenoxy) is 1. The van der Waals surface area contributed by atoms with Crippen molar-refractivity contribution in [2.45, 2.75) is 38.3 Å². The van der Waals surface area contributed by atoms with E-state index in [1.54, 1.807) is 34.0 Å². The minimum atomic E-state index is -0.303. The second-order valence-corrected chi connectivity index (χ2v) is 8.69. The Morgan fingerprint density at radius 2 is 2.09 bits per heavy atom. The highest BCUT2D eigenvalue weighted by atomic mass is 16.5. The fourth-order valence-corrected chi connectivity index (χ4v) is 4.81. The molecule has 9 heteroatoms. The predicted octanol–water partition coefficient (Wildman–Crippen LogP) is 4.13. The summed E-state index contributed by atoms with van der Waals surface area (Å²) in [6, 6.07) is 5.86. The molecule has 0 N–H and O–H groups in total. The van der Waals surface area contributed by atoms with Gasteiger partial charge in [0.1, 0.15) is 11.2 Å². The first-order valence-electron chi connectivity index (χ1n) is 11.5. The number of pyridine rings is 2. The van der Waals surface area contributed by atoms with Crippen LogP contribution < -0.4 is 5.69 Å². The zero-order valence-electron chi connectivity index (χ0n) is 19.0. The lowest BCUT2D eigenvalue weighted by atomic mass is 10.0. The summed E-state index contributed by atoms with van der Waals surface area (Å²) in [4.78, 5) is 26.8. The van der Waals surface area contributed by atoms with E-state index < -0.39 is 0 Å². The molecule has 5 aromatic heterocycles. The molecule has 34 heavy (non-hydrogen) atoms. The van der Waals surface area contributed by atoms with Crippen LogP contribution in [0.3, 0.4) is 0 Å². The van der Waals surface area contributed by atoms with Crippen LogP contribution in [0, 0.1) is 0 Å². The van der Waals surface area contributed by atoms with Gasteiger partial charge in [-0.1, -0.05) is 13.0 Å². The van der Waals surface area contributed by atoms with Crippen LogP contribution in [0.15, 0.2) is 58.4 Å². The molecule has 9 nitrogen and oxygen atoms in total. The van der Waals surface area contributed by atoms with Gasteiger partial charge in [0.25, 0.3) is 0 Å². The van der Waals surface area contributed by atoms with Gasteiger partial charge in [-0.15, -0.1) is 0 Å². The monoisotopic (exact) mass is 456 g/mol. The molecule has 0 amide bonds. The molecular weight excluding hydrogens is 432 g/mol. The molecule has 0 aromatic carbocycles. The summed E-state index contributed by atoms with van der Waals surface area (Å²) < 4.78 is 15.6. The second-order valence-electron chi connectivity index (χ2n) is 8.69. The maximum Gasteiger partial charge on any atom is 0.349 e. The van der Waals surface area contributed by atoms with E-state index in [0.29, 0.717) is 29.1 Å². The number of aryl methyl sites for hydroxylation is 1. The number of hydrogen-bond acceptors (Lipinski definition) is 7. The summed E-state index contributed by atoms with van der Waals surface area (Å²) in [6.07, 6.45) is 11.3. The zero-order chi connectivity index (χ0) is 23.2. The number of hydrogen-bond donors (Lipinski definition) is 0. The van der Waals surface area contributed by atoms with Gasteiger partial charge in [-0.3, -0.25) is 14.2 Å². The van der Waals surface area contributed by atoms with Crippen molar-refractivity contribution in [2.75, 3.05) is 6.61 Å². The standard InChI is InChI=1S/C25H24N6O3/c1-3-19-10-18(6-8-33-19)31-22-20-9-16(15-5-4-7-26-11-15)12-27-24(20)34-23(22)21(29-25(31)32)17-13-28-30(2)14-17/h4-5,7,9,11-14,18-19H,3,6,8,10H2,1-2H3/t18-,19-/m0/s1. The number of furan rings is 1. The van der Waals surface area contributed by atoms with Crippen molar-refractivity contribution in [3.8, 4) is 22.4 Å². The van der Waals surface area contributed by atoms with Crippen LogP contribution >= 0.6 is 0 Å². The van der Waals surface area contributed by atoms with Crippen molar-refractivity contribution in [2.24, 2.45) is 7.05 Å². The van der Waals surface area contributed by atoms with Gasteiger partial charge in [-0.05, 0) is 31.4 Å². The Morgan fingerprint density at radius 3 is 2.85 bits per heavy atom. The van der Waals surface area contributed by atoms with E-state index in [0.717, 1.165) is 41.3 Å². The summed E-state index contributed by atoms with van der Waals surface area (Å²) >= 11 is 0. The lowest BCUT2D eigenvalue weighted by Gasteiger charge is -2.30. The molecule has 1 aliphatic heterocycles.